The number of hydrogen-bond donors (Lipinski definition) is 0. The topological polar surface area (TPSA) is 105 Å². The van der Waals surface area contributed by atoms with Crippen LogP contribution < -0.4 is 25.9 Å². The molecular weight excluding hydrogens is 626 g/mol. The zero-order valence-electron chi connectivity index (χ0n) is 35.3. The van der Waals surface area contributed by atoms with Crippen LogP contribution in [0.3, 0.4) is 0 Å². The van der Waals surface area contributed by atoms with Crippen LogP contribution in [0, 0.1) is 48.5 Å². The minimum absolute atomic E-state index is 0.0406. The molecule has 0 aliphatic heterocycles. The Morgan fingerprint density at radius 2 is 0.820 bits per heavy atom. The molecule has 0 N–H and O–H groups in total. The van der Waals surface area contributed by atoms with Gasteiger partial charge in [-0.2, -0.15) is 4.98 Å². The molecule has 50 heavy (non-hydrogen) atoms. The van der Waals surface area contributed by atoms with Crippen LogP contribution in [0.2, 0.25) is 0 Å². The van der Waals surface area contributed by atoms with Gasteiger partial charge in [0, 0.05) is 72.9 Å². The third-order valence-electron chi connectivity index (χ3n) is 9.13. The first-order valence-electron chi connectivity index (χ1n) is 18.1. The van der Waals surface area contributed by atoms with E-state index >= 15 is 0 Å². The van der Waals surface area contributed by atoms with Gasteiger partial charge in [-0.05, 0) is 132 Å². The Morgan fingerprint density at radius 1 is 0.460 bits per heavy atom. The van der Waals surface area contributed by atoms with Crippen LogP contribution in [-0.2, 0) is 14.1 Å². The maximum Gasteiger partial charge on any atom is 0.349 e. The third-order valence-corrected chi connectivity index (χ3v) is 9.13. The molecule has 3 aromatic heterocycles. The van der Waals surface area contributed by atoms with Crippen LogP contribution in [0.15, 0.2) is 9.59 Å². The smallest absolute Gasteiger partial charge is 0.349 e. The van der Waals surface area contributed by atoms with Gasteiger partial charge in [-0.1, -0.05) is 0 Å². The van der Waals surface area contributed by atoms with E-state index in [2.05, 4.69) is 125 Å². The summed E-state index contributed by atoms with van der Waals surface area (Å²) in [5.74, 6) is 4.31. The molecule has 11 nitrogen and oxygen atoms in total. The van der Waals surface area contributed by atoms with Crippen molar-refractivity contribution in [3.8, 4) is 0 Å². The maximum atomic E-state index is 12.1. The molecule has 0 bridgehead atoms. The van der Waals surface area contributed by atoms with Crippen LogP contribution in [0.1, 0.15) is 123 Å². The fourth-order valence-corrected chi connectivity index (χ4v) is 6.37. The van der Waals surface area contributed by atoms with Crippen molar-refractivity contribution in [1.29, 1.82) is 0 Å². The van der Waals surface area contributed by atoms with Gasteiger partial charge < -0.3 is 14.7 Å². The number of rotatable bonds is 9. The molecular formula is C39H69N9O2. The van der Waals surface area contributed by atoms with E-state index in [1.165, 1.54) is 5.56 Å². The maximum absolute atomic E-state index is 12.1. The van der Waals surface area contributed by atoms with Gasteiger partial charge in [0.15, 0.2) is 0 Å². The van der Waals surface area contributed by atoms with E-state index in [0.29, 0.717) is 36.3 Å². The standard InChI is InChI=1S/2C13H23N3O.C13H23N3/c1-8(2)16(9(3)4)12-10(5)13(17)15(7)11(6)14-12;1-8(2)16(9(3)4)12-10(5)11(6)15(7)13(17)14-12;1-8(2)16(9(3)4)13-10(5)11(6)14-12(7)15-13/h2*8-9H,1-7H3;8-9H,1-7H3. The van der Waals surface area contributed by atoms with Crippen molar-refractivity contribution in [2.24, 2.45) is 14.1 Å². The highest BCUT2D eigenvalue weighted by Crippen LogP contribution is 2.24. The summed E-state index contributed by atoms with van der Waals surface area (Å²) in [5, 5.41) is 0. The second-order valence-electron chi connectivity index (χ2n) is 15.0. The highest BCUT2D eigenvalue weighted by molar-refractivity contribution is 5.50. The number of anilines is 3. The molecule has 0 aliphatic rings. The lowest BCUT2D eigenvalue weighted by molar-refractivity contribution is 0.590. The molecule has 282 valence electrons. The zero-order valence-corrected chi connectivity index (χ0v) is 35.3. The van der Waals surface area contributed by atoms with Crippen molar-refractivity contribution in [3.63, 3.8) is 0 Å². The van der Waals surface area contributed by atoms with Gasteiger partial charge in [-0.15, -0.1) is 0 Å². The lowest BCUT2D eigenvalue weighted by Gasteiger charge is -2.33. The van der Waals surface area contributed by atoms with Crippen molar-refractivity contribution in [2.45, 2.75) is 168 Å². The largest absolute Gasteiger partial charge is 0.351 e. The molecule has 0 saturated heterocycles. The zero-order chi connectivity index (χ0) is 39.1. The van der Waals surface area contributed by atoms with Gasteiger partial charge in [-0.25, -0.2) is 19.7 Å². The van der Waals surface area contributed by atoms with Crippen LogP contribution >= 0.6 is 0 Å². The minimum atomic E-state index is -0.186. The Morgan fingerprint density at radius 3 is 1.20 bits per heavy atom. The lowest BCUT2D eigenvalue weighted by atomic mass is 10.1. The quantitative estimate of drug-likeness (QED) is 0.233. The number of aryl methyl sites for hydroxylation is 3. The SMILES string of the molecule is Cc1c(N(C(C)C)C(C)C)nc(=O)n(C)c1C.Cc1c(N(C(C)C)C(C)C)nc(C)n(C)c1=O.Cc1nc(C)c(C)c(N(C(C)C)C(C)C)n1. The van der Waals surface area contributed by atoms with Crippen LogP contribution in [0.5, 0.6) is 0 Å². The molecule has 0 radical (unpaired) electrons. The highest BCUT2D eigenvalue weighted by atomic mass is 16.1. The van der Waals surface area contributed by atoms with Gasteiger partial charge in [-0.3, -0.25) is 13.9 Å². The van der Waals surface area contributed by atoms with E-state index < -0.39 is 0 Å². The summed E-state index contributed by atoms with van der Waals surface area (Å²) < 4.78 is 3.19. The van der Waals surface area contributed by atoms with E-state index in [9.17, 15) is 9.59 Å². The summed E-state index contributed by atoms with van der Waals surface area (Å²) in [4.78, 5) is 48.3. The third kappa shape index (κ3) is 10.6. The van der Waals surface area contributed by atoms with E-state index in [4.69, 9.17) is 0 Å². The molecule has 0 spiro atoms. The monoisotopic (exact) mass is 696 g/mol. The predicted molar refractivity (Wildman–Crippen MR) is 212 cm³/mol. The van der Waals surface area contributed by atoms with Gasteiger partial charge in [0.05, 0.1) is 5.56 Å². The summed E-state index contributed by atoms with van der Waals surface area (Å²) in [6.07, 6.45) is 0. The average molecular weight is 696 g/mol. The number of nitrogens with zero attached hydrogens (tertiary/aromatic N) is 9. The first-order valence-corrected chi connectivity index (χ1v) is 18.1. The second-order valence-corrected chi connectivity index (χ2v) is 15.0. The van der Waals surface area contributed by atoms with Gasteiger partial charge in [0.1, 0.15) is 29.1 Å². The summed E-state index contributed by atoms with van der Waals surface area (Å²) in [7, 11) is 3.52. The van der Waals surface area contributed by atoms with Crippen molar-refractivity contribution in [2.75, 3.05) is 14.7 Å². The normalized spacial score (nSPS) is 11.3. The van der Waals surface area contributed by atoms with Crippen LogP contribution in [0.25, 0.3) is 0 Å². The Bertz CT molecular complexity index is 1640. The Balaban J connectivity index is 0.000000375. The van der Waals surface area contributed by atoms with E-state index in [1.807, 2.05) is 41.5 Å². The van der Waals surface area contributed by atoms with Gasteiger partial charge in [0.2, 0.25) is 0 Å². The summed E-state index contributed by atoms with van der Waals surface area (Å²) in [6.45, 7) is 39.5. The van der Waals surface area contributed by atoms with Gasteiger partial charge >= 0.3 is 5.69 Å². The second kappa shape index (κ2) is 18.5. The van der Waals surface area contributed by atoms with Crippen molar-refractivity contribution in [3.05, 3.63) is 60.6 Å². The Hall–Kier alpha value is -3.76. The molecule has 0 unspecified atom stereocenters. The highest BCUT2D eigenvalue weighted by Gasteiger charge is 2.22. The van der Waals surface area contributed by atoms with Crippen molar-refractivity contribution < 1.29 is 0 Å². The summed E-state index contributed by atoms with van der Waals surface area (Å²) in [5.41, 5.74) is 4.90. The number of aromatic nitrogens is 6. The van der Waals surface area contributed by atoms with E-state index in [1.54, 1.807) is 23.2 Å². The van der Waals surface area contributed by atoms with E-state index in [-0.39, 0.29) is 11.2 Å². The average Bonchev–Trinajstić information content (AvgIpc) is 2.98. The summed E-state index contributed by atoms with van der Waals surface area (Å²) in [6, 6.07) is 2.21. The molecule has 3 aromatic rings. The van der Waals surface area contributed by atoms with Crippen LogP contribution in [-0.4, -0.2) is 65.3 Å². The first kappa shape index (κ1) is 44.3. The van der Waals surface area contributed by atoms with Crippen molar-refractivity contribution in [1.82, 2.24) is 29.1 Å². The molecule has 3 heterocycles. The molecule has 0 saturated carbocycles. The first-order chi connectivity index (χ1) is 22.9. The molecule has 0 aromatic carbocycles. The molecule has 0 amide bonds. The molecule has 3 rings (SSSR count). The van der Waals surface area contributed by atoms with E-state index in [0.717, 1.165) is 51.6 Å². The lowest BCUT2D eigenvalue weighted by Crippen LogP contribution is -2.40. The molecule has 0 aliphatic carbocycles. The molecule has 0 atom stereocenters. The number of hydrogen-bond acceptors (Lipinski definition) is 9. The van der Waals surface area contributed by atoms with Crippen LogP contribution in [0.4, 0.5) is 17.5 Å². The Kier molecular flexibility index (Phi) is 16.3. The fourth-order valence-electron chi connectivity index (χ4n) is 6.37. The minimum Gasteiger partial charge on any atom is -0.351 e. The predicted octanol–water partition coefficient (Wildman–Crippen LogP) is 7.07. The fraction of sp³-hybridized carbons (Fsp3) is 0.692. The summed E-state index contributed by atoms with van der Waals surface area (Å²) >= 11 is 0. The molecule has 0 fully saturated rings. The Labute approximate surface area is 303 Å². The van der Waals surface area contributed by atoms with Crippen molar-refractivity contribution >= 4 is 17.5 Å². The molecule has 11 heteroatoms. The van der Waals surface area contributed by atoms with Gasteiger partial charge in [0.25, 0.3) is 5.56 Å².